The Labute approximate surface area is 151 Å². The Kier molecular flexibility index (Phi) is 6.09. The maximum Gasteiger partial charge on any atom is 0.435 e. The van der Waals surface area contributed by atoms with E-state index in [0.717, 1.165) is 4.68 Å². The first-order valence-corrected chi connectivity index (χ1v) is 8.51. The lowest BCUT2D eigenvalue weighted by molar-refractivity contribution is 0.149. The predicted octanol–water partition coefficient (Wildman–Crippen LogP) is 4.08. The number of hydrogen-bond donors (Lipinski definition) is 1. The van der Waals surface area contributed by atoms with Gasteiger partial charge in [0.05, 0.1) is 11.6 Å². The minimum atomic E-state index is -0.722. The summed E-state index contributed by atoms with van der Waals surface area (Å²) in [6.45, 7) is 7.43. The Balaban J connectivity index is 2.75. The van der Waals surface area contributed by atoms with Crippen LogP contribution in [0.4, 0.5) is 10.6 Å². The average molecular weight is 364 g/mol. The van der Waals surface area contributed by atoms with Crippen molar-refractivity contribution in [1.82, 2.24) is 9.36 Å². The van der Waals surface area contributed by atoms with Crippen LogP contribution in [0.3, 0.4) is 0 Å². The van der Waals surface area contributed by atoms with E-state index in [1.807, 2.05) is 13.8 Å². The number of carbonyl (C=O) groups is 1. The molecule has 0 spiro atoms. The first-order valence-electron chi connectivity index (χ1n) is 8.13. The molecule has 0 fully saturated rings. The molecule has 0 unspecified atom stereocenters. The van der Waals surface area contributed by atoms with Crippen LogP contribution in [0.25, 0.3) is 11.1 Å². The monoisotopic (exact) mass is 363 g/mol. The van der Waals surface area contributed by atoms with Crippen molar-refractivity contribution >= 4 is 23.5 Å². The van der Waals surface area contributed by atoms with E-state index in [9.17, 15) is 9.59 Å². The third-order valence-electron chi connectivity index (χ3n) is 4.05. The maximum atomic E-state index is 13.1. The van der Waals surface area contributed by atoms with Gasteiger partial charge in [-0.15, -0.1) is 0 Å². The molecule has 0 aliphatic carbocycles. The lowest BCUT2D eigenvalue weighted by atomic mass is 10.1. The minimum absolute atomic E-state index is 0.0130. The van der Waals surface area contributed by atoms with E-state index in [0.29, 0.717) is 23.4 Å². The topological polar surface area (TPSA) is 79.2 Å². The van der Waals surface area contributed by atoms with Gasteiger partial charge in [-0.3, -0.25) is 4.79 Å². The zero-order valence-electron chi connectivity index (χ0n) is 14.4. The van der Waals surface area contributed by atoms with E-state index < -0.39 is 6.09 Å². The Bertz CT molecular complexity index is 835. The maximum absolute atomic E-state index is 13.1. The fourth-order valence-electron chi connectivity index (χ4n) is 2.80. The summed E-state index contributed by atoms with van der Waals surface area (Å²) < 4.78 is 7.57. The molecule has 0 aliphatic rings. The van der Waals surface area contributed by atoms with Gasteiger partial charge in [0.15, 0.2) is 0 Å². The molecule has 134 valence electrons. The molecule has 0 saturated heterocycles. The second-order valence-corrected chi connectivity index (χ2v) is 5.94. The minimum Gasteiger partial charge on any atom is -0.444 e. The fraction of sp³-hybridized carbons (Fsp3) is 0.333. The van der Waals surface area contributed by atoms with Crippen molar-refractivity contribution < 1.29 is 9.53 Å². The second-order valence-electron chi connectivity index (χ2n) is 5.54. The Hall–Kier alpha value is -2.47. The van der Waals surface area contributed by atoms with E-state index >= 15 is 0 Å². The highest BCUT2D eigenvalue weighted by atomic mass is 35.5. The molecule has 1 aromatic carbocycles. The van der Waals surface area contributed by atoms with E-state index in [1.54, 1.807) is 24.3 Å². The molecule has 0 radical (unpaired) electrons. The molecular formula is C18H22ClN3O3. The van der Waals surface area contributed by atoms with Gasteiger partial charge in [0.2, 0.25) is 0 Å². The summed E-state index contributed by atoms with van der Waals surface area (Å²) in [7, 11) is 0. The molecule has 0 atom stereocenters. The van der Waals surface area contributed by atoms with Crippen LogP contribution in [-0.4, -0.2) is 22.1 Å². The summed E-state index contributed by atoms with van der Waals surface area (Å²) in [4.78, 5) is 25.6. The number of benzene rings is 1. The van der Waals surface area contributed by atoms with Crippen molar-refractivity contribution in [2.24, 2.45) is 0 Å². The molecular weight excluding hydrogens is 342 g/mol. The molecule has 0 bridgehead atoms. The number of carbonyl (C=O) groups excluding carboxylic acids is 1. The SMILES string of the molecule is C=CCOC(=O)n1c(N)c(-c2ccccc2Cl)c(=O)n1C(CC)CC. The highest BCUT2D eigenvalue weighted by Crippen LogP contribution is 2.31. The van der Waals surface area contributed by atoms with Crippen molar-refractivity contribution in [2.75, 3.05) is 12.3 Å². The number of nitrogens with zero attached hydrogens (tertiary/aromatic N) is 2. The van der Waals surface area contributed by atoms with Crippen LogP contribution in [0.5, 0.6) is 0 Å². The Morgan fingerprint density at radius 2 is 2.00 bits per heavy atom. The molecule has 0 saturated carbocycles. The lowest BCUT2D eigenvalue weighted by Gasteiger charge is -2.18. The molecule has 2 N–H and O–H groups in total. The van der Waals surface area contributed by atoms with Crippen LogP contribution in [0.2, 0.25) is 5.02 Å². The zero-order valence-corrected chi connectivity index (χ0v) is 15.1. The summed E-state index contributed by atoms with van der Waals surface area (Å²) in [5.41, 5.74) is 6.51. The van der Waals surface area contributed by atoms with Crippen LogP contribution in [-0.2, 0) is 4.74 Å². The number of anilines is 1. The first-order chi connectivity index (χ1) is 12.0. The van der Waals surface area contributed by atoms with E-state index in [-0.39, 0.29) is 29.6 Å². The molecule has 2 rings (SSSR count). The van der Waals surface area contributed by atoms with E-state index in [2.05, 4.69) is 6.58 Å². The van der Waals surface area contributed by atoms with Crippen LogP contribution < -0.4 is 11.3 Å². The highest BCUT2D eigenvalue weighted by molar-refractivity contribution is 6.33. The normalized spacial score (nSPS) is 10.9. The van der Waals surface area contributed by atoms with Gasteiger partial charge < -0.3 is 10.5 Å². The number of nitrogens with two attached hydrogens (primary N) is 1. The molecule has 6 nitrogen and oxygen atoms in total. The van der Waals surface area contributed by atoms with Crippen LogP contribution in [0.15, 0.2) is 41.7 Å². The first kappa shape index (κ1) is 18.9. The molecule has 2 aromatic rings. The smallest absolute Gasteiger partial charge is 0.435 e. The van der Waals surface area contributed by atoms with Crippen molar-refractivity contribution in [3.63, 3.8) is 0 Å². The molecule has 0 amide bonds. The van der Waals surface area contributed by atoms with Gasteiger partial charge in [-0.2, -0.15) is 4.68 Å². The van der Waals surface area contributed by atoms with Crippen LogP contribution >= 0.6 is 11.6 Å². The lowest BCUT2D eigenvalue weighted by Crippen LogP contribution is -2.32. The molecule has 0 aliphatic heterocycles. The summed E-state index contributed by atoms with van der Waals surface area (Å²) in [5, 5.41) is 0.389. The zero-order chi connectivity index (χ0) is 18.6. The van der Waals surface area contributed by atoms with Crippen molar-refractivity contribution in [3.8, 4) is 11.1 Å². The van der Waals surface area contributed by atoms with Gasteiger partial charge in [0, 0.05) is 10.6 Å². The molecule has 7 heteroatoms. The quantitative estimate of drug-likeness (QED) is 0.784. The summed E-state index contributed by atoms with van der Waals surface area (Å²) in [5.74, 6) is 0.0130. The highest BCUT2D eigenvalue weighted by Gasteiger charge is 2.28. The van der Waals surface area contributed by atoms with Crippen molar-refractivity contribution in [3.05, 3.63) is 52.3 Å². The van der Waals surface area contributed by atoms with Gasteiger partial charge in [0.25, 0.3) is 5.56 Å². The number of hydrogen-bond acceptors (Lipinski definition) is 4. The number of ether oxygens (including phenoxy) is 1. The number of rotatable bonds is 6. The van der Waals surface area contributed by atoms with Crippen molar-refractivity contribution in [1.29, 1.82) is 0 Å². The van der Waals surface area contributed by atoms with E-state index in [1.165, 1.54) is 10.8 Å². The van der Waals surface area contributed by atoms with Gasteiger partial charge in [-0.25, -0.2) is 9.48 Å². The summed E-state index contributed by atoms with van der Waals surface area (Å²) in [6.07, 6.45) is 2.05. The number of halogens is 1. The van der Waals surface area contributed by atoms with Crippen LogP contribution in [0.1, 0.15) is 32.7 Å². The van der Waals surface area contributed by atoms with Crippen molar-refractivity contribution in [2.45, 2.75) is 32.7 Å². The third-order valence-corrected chi connectivity index (χ3v) is 4.38. The Morgan fingerprint density at radius 3 is 2.56 bits per heavy atom. The Morgan fingerprint density at radius 1 is 1.36 bits per heavy atom. The molecule has 1 heterocycles. The van der Waals surface area contributed by atoms with Gasteiger partial charge in [-0.1, -0.05) is 56.3 Å². The van der Waals surface area contributed by atoms with Gasteiger partial charge in [-0.05, 0) is 18.9 Å². The van der Waals surface area contributed by atoms with E-state index in [4.69, 9.17) is 22.1 Å². The molecule has 1 aromatic heterocycles. The average Bonchev–Trinajstić information content (AvgIpc) is 2.86. The van der Waals surface area contributed by atoms with Gasteiger partial charge >= 0.3 is 6.09 Å². The summed E-state index contributed by atoms with van der Waals surface area (Å²) in [6, 6.07) is 6.70. The second kappa shape index (κ2) is 8.07. The predicted molar refractivity (Wildman–Crippen MR) is 100 cm³/mol. The van der Waals surface area contributed by atoms with Crippen LogP contribution in [0, 0.1) is 0 Å². The molecule has 25 heavy (non-hydrogen) atoms. The van der Waals surface area contributed by atoms with Gasteiger partial charge in [0.1, 0.15) is 12.4 Å². The third kappa shape index (κ3) is 3.49. The fourth-order valence-corrected chi connectivity index (χ4v) is 3.03. The summed E-state index contributed by atoms with van der Waals surface area (Å²) >= 11 is 6.23. The standard InChI is InChI=1S/C18H22ClN3O3/c1-4-11-25-18(24)22-16(20)15(13-9-7-8-10-14(13)19)17(23)21(22)12(5-2)6-3/h4,7-10,12H,1,5-6,11,20H2,2-3H3. The number of nitrogen functional groups attached to an aromatic ring is 1. The number of aromatic nitrogens is 2. The largest absolute Gasteiger partial charge is 0.444 e.